The maximum absolute atomic E-state index is 14.1. The van der Waals surface area contributed by atoms with Crippen LogP contribution in [0.1, 0.15) is 21.6 Å². The zero-order chi connectivity index (χ0) is 18.1. The van der Waals surface area contributed by atoms with E-state index >= 15 is 0 Å². The molecule has 0 N–H and O–H groups in total. The zero-order valence-corrected chi connectivity index (χ0v) is 14.4. The van der Waals surface area contributed by atoms with Crippen LogP contribution < -0.4 is 4.90 Å². The molecule has 0 bridgehead atoms. The van der Waals surface area contributed by atoms with Crippen molar-refractivity contribution in [3.63, 3.8) is 0 Å². The first-order valence-corrected chi connectivity index (χ1v) is 7.84. The number of anilines is 1. The van der Waals surface area contributed by atoms with Gasteiger partial charge in [-0.3, -0.25) is 4.90 Å². The van der Waals surface area contributed by atoms with Crippen molar-refractivity contribution in [1.29, 1.82) is 0 Å². The lowest BCUT2D eigenvalue weighted by Crippen LogP contribution is -2.45. The number of rotatable bonds is 3. The molecule has 1 aromatic heterocycles. The Morgan fingerprint density at radius 2 is 2.12 bits per heavy atom. The summed E-state index contributed by atoms with van der Waals surface area (Å²) >= 11 is 6.08. The number of hydrogen-bond acceptors (Lipinski definition) is 4. The van der Waals surface area contributed by atoms with Crippen LogP contribution in [0.2, 0.25) is 5.02 Å². The number of ether oxygens (including phenoxy) is 1. The molecule has 6 nitrogen and oxygen atoms in total. The molecule has 0 saturated carbocycles. The van der Waals surface area contributed by atoms with Gasteiger partial charge in [0.2, 0.25) is 0 Å². The Hall–Kier alpha value is -2.67. The van der Waals surface area contributed by atoms with Gasteiger partial charge in [0.15, 0.2) is 5.69 Å². The maximum atomic E-state index is 14.1. The van der Waals surface area contributed by atoms with E-state index in [0.717, 1.165) is 5.56 Å². The van der Waals surface area contributed by atoms with E-state index in [2.05, 4.69) is 9.72 Å². The molecule has 0 radical (unpaired) electrons. The molecule has 0 atom stereocenters. The van der Waals surface area contributed by atoms with Crippen LogP contribution in [-0.2, 0) is 17.8 Å². The summed E-state index contributed by atoms with van der Waals surface area (Å²) in [5, 5.41) is 0.215. The van der Waals surface area contributed by atoms with Crippen LogP contribution >= 0.6 is 11.6 Å². The molecule has 2 amide bonds. The first-order valence-electron chi connectivity index (χ1n) is 7.46. The number of amides is 2. The van der Waals surface area contributed by atoms with Gasteiger partial charge >= 0.3 is 12.0 Å². The number of nitrogens with zero attached hydrogens (tertiary/aromatic N) is 3. The van der Waals surface area contributed by atoms with Crippen molar-refractivity contribution in [1.82, 2.24) is 9.88 Å². The zero-order valence-electron chi connectivity index (χ0n) is 13.6. The summed E-state index contributed by atoms with van der Waals surface area (Å²) in [6.07, 6.45) is 0. The van der Waals surface area contributed by atoms with Crippen molar-refractivity contribution in [2.45, 2.75) is 13.1 Å². The predicted octanol–water partition coefficient (Wildman–Crippen LogP) is 3.23. The lowest BCUT2D eigenvalue weighted by molar-refractivity contribution is 0.0594. The third kappa shape index (κ3) is 3.15. The van der Waals surface area contributed by atoms with Gasteiger partial charge in [-0.25, -0.2) is 19.0 Å². The first kappa shape index (κ1) is 17.2. The Morgan fingerprint density at radius 3 is 2.80 bits per heavy atom. The van der Waals surface area contributed by atoms with Crippen molar-refractivity contribution < 1.29 is 18.7 Å². The number of halogens is 2. The van der Waals surface area contributed by atoms with Gasteiger partial charge in [-0.15, -0.1) is 0 Å². The van der Waals surface area contributed by atoms with Crippen LogP contribution in [0.5, 0.6) is 0 Å². The molecule has 0 spiro atoms. The second-order valence-corrected chi connectivity index (χ2v) is 6.00. The summed E-state index contributed by atoms with van der Waals surface area (Å²) in [6.45, 7) is 0.240. The van der Waals surface area contributed by atoms with Crippen LogP contribution in [0.3, 0.4) is 0 Å². The van der Waals surface area contributed by atoms with Crippen molar-refractivity contribution in [3.8, 4) is 0 Å². The average molecular weight is 364 g/mol. The number of fused-ring (bicyclic) bond motifs is 1. The van der Waals surface area contributed by atoms with Crippen LogP contribution in [0.4, 0.5) is 15.0 Å². The highest BCUT2D eigenvalue weighted by Crippen LogP contribution is 2.30. The fraction of sp³-hybridized carbons (Fsp3) is 0.235. The molecule has 0 saturated heterocycles. The Labute approximate surface area is 148 Å². The van der Waals surface area contributed by atoms with E-state index in [-0.39, 0.29) is 28.9 Å². The molecule has 0 fully saturated rings. The van der Waals surface area contributed by atoms with Gasteiger partial charge in [-0.05, 0) is 18.2 Å². The Kier molecular flexibility index (Phi) is 4.59. The molecule has 2 heterocycles. The third-order valence-electron chi connectivity index (χ3n) is 3.95. The average Bonchev–Trinajstić information content (AvgIpc) is 2.60. The SMILES string of the molecule is COC(=O)c1ccc2c(n1)N(Cc1c(F)cccc1Cl)C(=O)N(C)C2. The molecule has 2 aromatic rings. The second-order valence-electron chi connectivity index (χ2n) is 5.60. The van der Waals surface area contributed by atoms with E-state index < -0.39 is 11.8 Å². The van der Waals surface area contributed by atoms with E-state index in [0.29, 0.717) is 12.4 Å². The Bertz CT molecular complexity index is 839. The maximum Gasteiger partial charge on any atom is 0.356 e. The van der Waals surface area contributed by atoms with Gasteiger partial charge in [-0.1, -0.05) is 23.7 Å². The van der Waals surface area contributed by atoms with Crippen molar-refractivity contribution in [2.24, 2.45) is 0 Å². The number of carbonyl (C=O) groups is 2. The quantitative estimate of drug-likeness (QED) is 0.785. The summed E-state index contributed by atoms with van der Waals surface area (Å²) in [4.78, 5) is 31.4. The molecule has 130 valence electrons. The van der Waals surface area contributed by atoms with Gasteiger partial charge in [0, 0.05) is 23.2 Å². The first-order chi connectivity index (χ1) is 11.9. The number of hydrogen-bond donors (Lipinski definition) is 0. The number of pyridine rings is 1. The number of esters is 1. The fourth-order valence-corrected chi connectivity index (χ4v) is 2.88. The fourth-order valence-electron chi connectivity index (χ4n) is 2.66. The Balaban J connectivity index is 2.07. The highest BCUT2D eigenvalue weighted by atomic mass is 35.5. The highest BCUT2D eigenvalue weighted by Gasteiger charge is 2.31. The highest BCUT2D eigenvalue weighted by molar-refractivity contribution is 6.31. The smallest absolute Gasteiger partial charge is 0.356 e. The minimum absolute atomic E-state index is 0.0724. The number of benzene rings is 1. The molecule has 3 rings (SSSR count). The molecule has 1 aromatic carbocycles. The van der Waals surface area contributed by atoms with Crippen molar-refractivity contribution in [3.05, 3.63) is 58.0 Å². The summed E-state index contributed by atoms with van der Waals surface area (Å²) in [5.74, 6) is -0.831. The van der Waals surface area contributed by atoms with E-state index in [1.165, 1.54) is 35.1 Å². The normalized spacial score (nSPS) is 13.7. The van der Waals surface area contributed by atoms with E-state index in [1.807, 2.05) is 0 Å². The molecular formula is C17H15ClFN3O3. The summed E-state index contributed by atoms with van der Waals surface area (Å²) < 4.78 is 18.8. The molecule has 0 unspecified atom stereocenters. The minimum Gasteiger partial charge on any atom is -0.464 e. The van der Waals surface area contributed by atoms with Gasteiger partial charge in [0.05, 0.1) is 20.2 Å². The largest absolute Gasteiger partial charge is 0.464 e. The molecule has 8 heteroatoms. The van der Waals surface area contributed by atoms with E-state index in [1.54, 1.807) is 19.2 Å². The summed E-state index contributed by atoms with van der Waals surface area (Å²) in [7, 11) is 2.88. The minimum atomic E-state index is -0.613. The van der Waals surface area contributed by atoms with Gasteiger partial charge in [-0.2, -0.15) is 0 Å². The van der Waals surface area contributed by atoms with Crippen LogP contribution in [0.15, 0.2) is 30.3 Å². The lowest BCUT2D eigenvalue weighted by Gasteiger charge is -2.34. The molecule has 1 aliphatic rings. The Morgan fingerprint density at radius 1 is 1.36 bits per heavy atom. The van der Waals surface area contributed by atoms with Crippen LogP contribution in [-0.4, -0.2) is 36.0 Å². The monoisotopic (exact) mass is 363 g/mol. The molecule has 1 aliphatic heterocycles. The van der Waals surface area contributed by atoms with E-state index in [9.17, 15) is 14.0 Å². The van der Waals surface area contributed by atoms with E-state index in [4.69, 9.17) is 11.6 Å². The standard InChI is InChI=1S/C17H15ClFN3O3/c1-21-8-10-6-7-14(16(23)25-2)20-15(10)22(17(21)24)9-11-12(18)4-3-5-13(11)19/h3-7H,8-9H2,1-2H3. The lowest BCUT2D eigenvalue weighted by atomic mass is 10.1. The second kappa shape index (κ2) is 6.68. The third-order valence-corrected chi connectivity index (χ3v) is 4.30. The van der Waals surface area contributed by atoms with Crippen LogP contribution in [0, 0.1) is 5.82 Å². The summed E-state index contributed by atoms with van der Waals surface area (Å²) in [6, 6.07) is 7.19. The van der Waals surface area contributed by atoms with Crippen LogP contribution in [0.25, 0.3) is 0 Å². The van der Waals surface area contributed by atoms with Gasteiger partial charge in [0.25, 0.3) is 0 Å². The topological polar surface area (TPSA) is 62.7 Å². The molecular weight excluding hydrogens is 349 g/mol. The molecule has 0 aliphatic carbocycles. The predicted molar refractivity (Wildman–Crippen MR) is 90.0 cm³/mol. The number of urea groups is 1. The number of aromatic nitrogens is 1. The number of methoxy groups -OCH3 is 1. The summed E-state index contributed by atoms with van der Waals surface area (Å²) in [5.41, 5.74) is 0.995. The molecule has 25 heavy (non-hydrogen) atoms. The van der Waals surface area contributed by atoms with Crippen molar-refractivity contribution in [2.75, 3.05) is 19.1 Å². The van der Waals surface area contributed by atoms with Crippen molar-refractivity contribution >= 4 is 29.4 Å². The van der Waals surface area contributed by atoms with Gasteiger partial charge < -0.3 is 9.64 Å². The van der Waals surface area contributed by atoms with Gasteiger partial charge in [0.1, 0.15) is 11.6 Å². The number of carbonyl (C=O) groups excluding carboxylic acids is 2.